The molecule has 2 aromatic carbocycles. The zero-order valence-electron chi connectivity index (χ0n) is 15.7. The molecular formula is C24H20N2O. The van der Waals surface area contributed by atoms with Gasteiger partial charge in [-0.05, 0) is 55.7 Å². The van der Waals surface area contributed by atoms with E-state index in [1.165, 1.54) is 27.6 Å². The molecule has 0 bridgehead atoms. The predicted molar refractivity (Wildman–Crippen MR) is 108 cm³/mol. The Labute approximate surface area is 158 Å². The molecule has 0 saturated heterocycles. The Hall–Kier alpha value is -3.20. The van der Waals surface area contributed by atoms with Crippen molar-refractivity contribution in [3.05, 3.63) is 88.9 Å². The normalized spacial score (nSPS) is 15.1. The van der Waals surface area contributed by atoms with Crippen molar-refractivity contribution in [1.29, 1.82) is 0 Å². The van der Waals surface area contributed by atoms with Crippen molar-refractivity contribution >= 4 is 10.9 Å². The monoisotopic (exact) mass is 352 g/mol. The first-order chi connectivity index (χ1) is 13.1. The van der Waals surface area contributed by atoms with Crippen molar-refractivity contribution in [3.8, 4) is 16.9 Å². The largest absolute Gasteiger partial charge is 0.480 e. The van der Waals surface area contributed by atoms with Crippen LogP contribution in [0.3, 0.4) is 0 Å². The lowest BCUT2D eigenvalue weighted by Gasteiger charge is -2.31. The molecule has 1 aliphatic heterocycles. The Morgan fingerprint density at radius 2 is 1.70 bits per heavy atom. The lowest BCUT2D eigenvalue weighted by atomic mass is 9.85. The summed E-state index contributed by atoms with van der Waals surface area (Å²) in [7, 11) is 0. The molecule has 27 heavy (non-hydrogen) atoms. The summed E-state index contributed by atoms with van der Waals surface area (Å²) in [5, 5.41) is 1.19. The van der Waals surface area contributed by atoms with Crippen LogP contribution in [0.1, 0.15) is 34.1 Å². The molecule has 5 rings (SSSR count). The van der Waals surface area contributed by atoms with Gasteiger partial charge >= 0.3 is 0 Å². The molecule has 1 unspecified atom stereocenters. The van der Waals surface area contributed by atoms with Gasteiger partial charge in [0.05, 0.1) is 5.52 Å². The van der Waals surface area contributed by atoms with Crippen LogP contribution in [0.4, 0.5) is 0 Å². The minimum atomic E-state index is -0.199. The molecule has 3 heterocycles. The summed E-state index contributed by atoms with van der Waals surface area (Å²) in [6.07, 6.45) is 3.49. The van der Waals surface area contributed by atoms with Gasteiger partial charge < -0.3 is 4.74 Å². The second-order valence-electron chi connectivity index (χ2n) is 7.15. The number of benzene rings is 2. The summed E-state index contributed by atoms with van der Waals surface area (Å²) in [5.74, 6) is 0.910. The Balaban J connectivity index is 1.92. The van der Waals surface area contributed by atoms with E-state index in [9.17, 15) is 0 Å². The van der Waals surface area contributed by atoms with E-state index in [1.807, 2.05) is 24.4 Å². The Bertz CT molecular complexity index is 1180. The van der Waals surface area contributed by atoms with Crippen molar-refractivity contribution in [2.24, 2.45) is 0 Å². The number of para-hydroxylation sites is 1. The standard InChI is InChI=1S/C24H20N2O/c1-14-15(2)22-20(26-16(14)3)11-10-19-18-8-4-5-9-21(18)27-24(23(19)22)17-7-6-12-25-13-17/h4-13,24H,1-3H3. The number of aromatic nitrogens is 2. The van der Waals surface area contributed by atoms with E-state index in [4.69, 9.17) is 9.72 Å². The van der Waals surface area contributed by atoms with Gasteiger partial charge in [0, 0.05) is 40.2 Å². The number of pyridine rings is 2. The fourth-order valence-electron chi connectivity index (χ4n) is 4.07. The fraction of sp³-hybridized carbons (Fsp3) is 0.167. The van der Waals surface area contributed by atoms with E-state index in [-0.39, 0.29) is 6.10 Å². The second kappa shape index (κ2) is 5.92. The van der Waals surface area contributed by atoms with Crippen LogP contribution in [0, 0.1) is 20.8 Å². The minimum absolute atomic E-state index is 0.199. The summed E-state index contributed by atoms with van der Waals surface area (Å²) in [4.78, 5) is 9.18. The molecule has 0 N–H and O–H groups in total. The third-order valence-electron chi connectivity index (χ3n) is 5.66. The average Bonchev–Trinajstić information content (AvgIpc) is 2.71. The quantitative estimate of drug-likeness (QED) is 0.440. The van der Waals surface area contributed by atoms with E-state index < -0.39 is 0 Å². The molecule has 0 fully saturated rings. The van der Waals surface area contributed by atoms with Crippen LogP contribution in [-0.4, -0.2) is 9.97 Å². The van der Waals surface area contributed by atoms with Crippen LogP contribution in [0.15, 0.2) is 60.9 Å². The van der Waals surface area contributed by atoms with Crippen LogP contribution in [0.5, 0.6) is 5.75 Å². The number of hydrogen-bond acceptors (Lipinski definition) is 3. The van der Waals surface area contributed by atoms with Crippen LogP contribution in [0.25, 0.3) is 22.0 Å². The van der Waals surface area contributed by atoms with E-state index in [2.05, 4.69) is 56.1 Å². The van der Waals surface area contributed by atoms with E-state index in [0.29, 0.717) is 0 Å². The third kappa shape index (κ3) is 2.35. The lowest BCUT2D eigenvalue weighted by Crippen LogP contribution is -2.17. The van der Waals surface area contributed by atoms with Gasteiger partial charge in [-0.15, -0.1) is 0 Å². The Morgan fingerprint density at radius 3 is 2.52 bits per heavy atom. The maximum absolute atomic E-state index is 6.51. The highest BCUT2D eigenvalue weighted by Gasteiger charge is 2.30. The van der Waals surface area contributed by atoms with Crippen LogP contribution < -0.4 is 4.74 Å². The summed E-state index contributed by atoms with van der Waals surface area (Å²) >= 11 is 0. The zero-order chi connectivity index (χ0) is 18.5. The second-order valence-corrected chi connectivity index (χ2v) is 7.15. The molecule has 132 valence electrons. The smallest absolute Gasteiger partial charge is 0.152 e. The van der Waals surface area contributed by atoms with Gasteiger partial charge in [-0.2, -0.15) is 0 Å². The first-order valence-corrected chi connectivity index (χ1v) is 9.21. The summed E-state index contributed by atoms with van der Waals surface area (Å²) < 4.78 is 6.51. The summed E-state index contributed by atoms with van der Waals surface area (Å²) in [6, 6.07) is 16.6. The van der Waals surface area contributed by atoms with Gasteiger partial charge in [-0.1, -0.05) is 30.3 Å². The summed E-state index contributed by atoms with van der Waals surface area (Å²) in [6.45, 7) is 6.41. The van der Waals surface area contributed by atoms with E-state index in [1.54, 1.807) is 6.20 Å². The molecule has 3 heteroatoms. The van der Waals surface area contributed by atoms with Gasteiger partial charge in [0.2, 0.25) is 0 Å². The highest BCUT2D eigenvalue weighted by atomic mass is 16.5. The van der Waals surface area contributed by atoms with E-state index in [0.717, 1.165) is 28.1 Å². The molecule has 0 saturated carbocycles. The number of hydrogen-bond donors (Lipinski definition) is 0. The van der Waals surface area contributed by atoms with Crippen LogP contribution in [-0.2, 0) is 0 Å². The molecule has 0 aliphatic carbocycles. The first kappa shape index (κ1) is 16.0. The molecule has 3 nitrogen and oxygen atoms in total. The third-order valence-corrected chi connectivity index (χ3v) is 5.66. The van der Waals surface area contributed by atoms with Crippen LogP contribution >= 0.6 is 0 Å². The predicted octanol–water partition coefficient (Wildman–Crippen LogP) is 5.70. The molecular weight excluding hydrogens is 332 g/mol. The molecule has 2 aromatic heterocycles. The highest BCUT2D eigenvalue weighted by Crippen LogP contribution is 2.47. The van der Waals surface area contributed by atoms with Gasteiger partial charge in [-0.25, -0.2) is 0 Å². The van der Waals surface area contributed by atoms with Crippen LogP contribution in [0.2, 0.25) is 0 Å². The number of ether oxygens (including phenoxy) is 1. The maximum atomic E-state index is 6.51. The lowest BCUT2D eigenvalue weighted by molar-refractivity contribution is 0.245. The Morgan fingerprint density at radius 1 is 0.852 bits per heavy atom. The van der Waals surface area contributed by atoms with Gasteiger partial charge in [0.25, 0.3) is 0 Å². The average molecular weight is 352 g/mol. The zero-order valence-corrected chi connectivity index (χ0v) is 15.7. The van der Waals surface area contributed by atoms with E-state index >= 15 is 0 Å². The molecule has 0 spiro atoms. The first-order valence-electron chi connectivity index (χ1n) is 9.21. The maximum Gasteiger partial charge on any atom is 0.152 e. The highest BCUT2D eigenvalue weighted by molar-refractivity contribution is 5.95. The van der Waals surface area contributed by atoms with Crippen molar-refractivity contribution < 1.29 is 4.74 Å². The molecule has 0 radical (unpaired) electrons. The van der Waals surface area contributed by atoms with Gasteiger partial charge in [-0.3, -0.25) is 9.97 Å². The minimum Gasteiger partial charge on any atom is -0.480 e. The number of aryl methyl sites for hydroxylation is 2. The number of rotatable bonds is 1. The fourth-order valence-corrected chi connectivity index (χ4v) is 4.07. The molecule has 1 aliphatic rings. The van der Waals surface area contributed by atoms with Crippen molar-refractivity contribution in [2.45, 2.75) is 26.9 Å². The number of fused-ring (bicyclic) bond motifs is 5. The SMILES string of the molecule is Cc1nc2ccc3c(c2c(C)c1C)C(c1cccnc1)Oc1ccccc1-3. The molecule has 0 amide bonds. The molecule has 4 aromatic rings. The summed E-state index contributed by atoms with van der Waals surface area (Å²) in [5.41, 5.74) is 9.19. The van der Waals surface area contributed by atoms with Crippen molar-refractivity contribution in [2.75, 3.05) is 0 Å². The van der Waals surface area contributed by atoms with Gasteiger partial charge in [0.15, 0.2) is 6.10 Å². The van der Waals surface area contributed by atoms with Crippen molar-refractivity contribution in [1.82, 2.24) is 9.97 Å². The Kier molecular flexibility index (Phi) is 3.51. The molecule has 1 atom stereocenters. The van der Waals surface area contributed by atoms with Gasteiger partial charge in [0.1, 0.15) is 5.75 Å². The topological polar surface area (TPSA) is 35.0 Å². The van der Waals surface area contributed by atoms with Crippen molar-refractivity contribution in [3.63, 3.8) is 0 Å². The number of nitrogens with zero attached hydrogens (tertiary/aromatic N) is 2.